The maximum atomic E-state index is 13.1. The maximum absolute atomic E-state index is 13.1. The fourth-order valence-corrected chi connectivity index (χ4v) is 5.72. The Morgan fingerprint density at radius 2 is 1.75 bits per heavy atom. The van der Waals surface area contributed by atoms with Crippen molar-refractivity contribution >= 4 is 27.6 Å². The van der Waals surface area contributed by atoms with Crippen LogP contribution in [0.4, 0.5) is 5.69 Å². The molecule has 0 bridgehead atoms. The van der Waals surface area contributed by atoms with E-state index in [4.69, 9.17) is 4.74 Å². The SMILES string of the molecule is Cc1ccc(NC(=O)c2[nH]c(C)c(C(=O)OC(C)C)c2C)cc1S(=O)(=O)N1CCCCC1. The molecule has 8 nitrogen and oxygen atoms in total. The summed E-state index contributed by atoms with van der Waals surface area (Å²) in [5, 5.41) is 2.76. The van der Waals surface area contributed by atoms with Crippen molar-refractivity contribution in [2.45, 2.75) is 64.9 Å². The average molecular weight is 462 g/mol. The molecule has 0 aliphatic carbocycles. The molecule has 9 heteroatoms. The minimum Gasteiger partial charge on any atom is -0.459 e. The zero-order valence-electron chi connectivity index (χ0n) is 19.2. The van der Waals surface area contributed by atoms with E-state index in [1.54, 1.807) is 46.8 Å². The first-order valence-electron chi connectivity index (χ1n) is 10.8. The Morgan fingerprint density at radius 3 is 2.38 bits per heavy atom. The molecule has 1 amide bonds. The number of carbonyl (C=O) groups excluding carboxylic acids is 2. The van der Waals surface area contributed by atoms with Gasteiger partial charge in [0.25, 0.3) is 5.91 Å². The number of aromatic nitrogens is 1. The van der Waals surface area contributed by atoms with Crippen LogP contribution in [0.1, 0.15) is 70.8 Å². The van der Waals surface area contributed by atoms with E-state index in [1.807, 2.05) is 0 Å². The number of anilines is 1. The van der Waals surface area contributed by atoms with Gasteiger partial charge in [-0.1, -0.05) is 12.5 Å². The normalized spacial score (nSPS) is 15.1. The summed E-state index contributed by atoms with van der Waals surface area (Å²) in [6.45, 7) is 9.66. The van der Waals surface area contributed by atoms with Gasteiger partial charge in [-0.2, -0.15) is 4.31 Å². The molecule has 2 N–H and O–H groups in total. The van der Waals surface area contributed by atoms with Crippen molar-refractivity contribution in [3.05, 3.63) is 46.3 Å². The molecule has 0 saturated carbocycles. The zero-order valence-corrected chi connectivity index (χ0v) is 20.1. The summed E-state index contributed by atoms with van der Waals surface area (Å²) in [5.41, 5.74) is 2.59. The van der Waals surface area contributed by atoms with Gasteiger partial charge < -0.3 is 15.0 Å². The first kappa shape index (κ1) is 24.0. The van der Waals surface area contributed by atoms with E-state index in [2.05, 4.69) is 10.3 Å². The number of amides is 1. The standard InChI is InChI=1S/C23H31N3O5S/c1-14(2)31-23(28)20-16(4)21(24-17(20)5)22(27)25-18-10-9-15(3)19(13-18)32(29,30)26-11-7-6-8-12-26/h9-10,13-14,24H,6-8,11-12H2,1-5H3,(H,25,27). The van der Waals surface area contributed by atoms with E-state index in [9.17, 15) is 18.0 Å². The summed E-state index contributed by atoms with van der Waals surface area (Å²) in [7, 11) is -3.64. The van der Waals surface area contributed by atoms with Crippen LogP contribution in [0.15, 0.2) is 23.1 Å². The number of ether oxygens (including phenoxy) is 1. The number of benzene rings is 1. The lowest BCUT2D eigenvalue weighted by Crippen LogP contribution is -2.36. The molecule has 0 radical (unpaired) electrons. The van der Waals surface area contributed by atoms with Gasteiger partial charge >= 0.3 is 5.97 Å². The first-order chi connectivity index (χ1) is 15.0. The lowest BCUT2D eigenvalue weighted by atomic mass is 10.1. The molecule has 2 aromatic rings. The second-order valence-electron chi connectivity index (χ2n) is 8.48. The number of rotatable bonds is 6. The molecule has 0 atom stereocenters. The molecule has 32 heavy (non-hydrogen) atoms. The highest BCUT2D eigenvalue weighted by atomic mass is 32.2. The van der Waals surface area contributed by atoms with Crippen LogP contribution in [0, 0.1) is 20.8 Å². The number of H-pyrrole nitrogens is 1. The van der Waals surface area contributed by atoms with E-state index in [0.29, 0.717) is 41.2 Å². The fraction of sp³-hybridized carbons (Fsp3) is 0.478. The van der Waals surface area contributed by atoms with E-state index in [-0.39, 0.29) is 16.7 Å². The highest BCUT2D eigenvalue weighted by Gasteiger charge is 2.28. The molecule has 174 valence electrons. The molecule has 1 fully saturated rings. The van der Waals surface area contributed by atoms with Crippen molar-refractivity contribution in [3.8, 4) is 0 Å². The Balaban J connectivity index is 1.86. The van der Waals surface area contributed by atoms with Crippen LogP contribution >= 0.6 is 0 Å². The van der Waals surface area contributed by atoms with Crippen LogP contribution in [0.2, 0.25) is 0 Å². The lowest BCUT2D eigenvalue weighted by Gasteiger charge is -2.26. The second-order valence-corrected chi connectivity index (χ2v) is 10.4. The summed E-state index contributed by atoms with van der Waals surface area (Å²) in [6.07, 6.45) is 2.45. The Morgan fingerprint density at radius 1 is 1.09 bits per heavy atom. The van der Waals surface area contributed by atoms with Gasteiger partial charge in [0, 0.05) is 24.5 Å². The molecule has 1 aliphatic rings. The van der Waals surface area contributed by atoms with Crippen molar-refractivity contribution in [1.82, 2.24) is 9.29 Å². The third-order valence-electron chi connectivity index (χ3n) is 5.59. The topological polar surface area (TPSA) is 109 Å². The van der Waals surface area contributed by atoms with Gasteiger partial charge in [-0.3, -0.25) is 4.79 Å². The predicted molar refractivity (Wildman–Crippen MR) is 123 cm³/mol. The number of nitrogens with zero attached hydrogens (tertiary/aromatic N) is 1. The maximum Gasteiger partial charge on any atom is 0.340 e. The van der Waals surface area contributed by atoms with Crippen molar-refractivity contribution in [2.75, 3.05) is 18.4 Å². The summed E-state index contributed by atoms with van der Waals surface area (Å²) in [6, 6.07) is 4.85. The molecule has 1 aromatic carbocycles. The third kappa shape index (κ3) is 4.88. The van der Waals surface area contributed by atoms with E-state index in [0.717, 1.165) is 19.3 Å². The Bertz CT molecular complexity index is 1130. The molecule has 0 spiro atoms. The minimum atomic E-state index is -3.64. The summed E-state index contributed by atoms with van der Waals surface area (Å²) >= 11 is 0. The van der Waals surface area contributed by atoms with Gasteiger partial charge in [-0.15, -0.1) is 0 Å². The molecular formula is C23H31N3O5S. The minimum absolute atomic E-state index is 0.192. The van der Waals surface area contributed by atoms with E-state index >= 15 is 0 Å². The monoisotopic (exact) mass is 461 g/mol. The molecule has 0 unspecified atom stereocenters. The smallest absolute Gasteiger partial charge is 0.340 e. The highest BCUT2D eigenvalue weighted by Crippen LogP contribution is 2.27. The number of sulfonamides is 1. The van der Waals surface area contributed by atoms with E-state index < -0.39 is 21.9 Å². The second kappa shape index (κ2) is 9.46. The number of aryl methyl sites for hydroxylation is 2. The molecule has 2 heterocycles. The number of hydrogen-bond donors (Lipinski definition) is 2. The fourth-order valence-electron chi connectivity index (χ4n) is 3.95. The van der Waals surface area contributed by atoms with Crippen LogP contribution < -0.4 is 5.32 Å². The largest absolute Gasteiger partial charge is 0.459 e. The summed E-state index contributed by atoms with van der Waals surface area (Å²) in [4.78, 5) is 28.5. The number of hydrogen-bond acceptors (Lipinski definition) is 5. The van der Waals surface area contributed by atoms with Crippen molar-refractivity contribution in [3.63, 3.8) is 0 Å². The number of esters is 1. The van der Waals surface area contributed by atoms with Crippen LogP contribution in [0.25, 0.3) is 0 Å². The van der Waals surface area contributed by atoms with Gasteiger partial charge in [0.1, 0.15) is 5.69 Å². The van der Waals surface area contributed by atoms with Gasteiger partial charge in [0.05, 0.1) is 16.6 Å². The molecule has 3 rings (SSSR count). The summed E-state index contributed by atoms with van der Waals surface area (Å²) < 4.78 is 33.1. The number of nitrogens with one attached hydrogen (secondary N) is 2. The van der Waals surface area contributed by atoms with Crippen LogP contribution in [0.3, 0.4) is 0 Å². The van der Waals surface area contributed by atoms with Gasteiger partial charge in [0.2, 0.25) is 10.0 Å². The quantitative estimate of drug-likeness (QED) is 0.634. The van der Waals surface area contributed by atoms with Crippen molar-refractivity contribution < 1.29 is 22.7 Å². The number of carbonyl (C=O) groups is 2. The highest BCUT2D eigenvalue weighted by molar-refractivity contribution is 7.89. The summed E-state index contributed by atoms with van der Waals surface area (Å²) in [5.74, 6) is -0.949. The van der Waals surface area contributed by atoms with Crippen LogP contribution in [0.5, 0.6) is 0 Å². The van der Waals surface area contributed by atoms with Gasteiger partial charge in [-0.25, -0.2) is 13.2 Å². The van der Waals surface area contributed by atoms with Gasteiger partial charge in [-0.05, 0) is 70.7 Å². The molecule has 1 aliphatic heterocycles. The van der Waals surface area contributed by atoms with Crippen molar-refractivity contribution in [2.24, 2.45) is 0 Å². The van der Waals surface area contributed by atoms with Crippen molar-refractivity contribution in [1.29, 1.82) is 0 Å². The Kier molecular flexibility index (Phi) is 7.09. The average Bonchev–Trinajstić information content (AvgIpc) is 3.03. The number of piperidine rings is 1. The molecule has 1 aromatic heterocycles. The van der Waals surface area contributed by atoms with Crippen LogP contribution in [-0.2, 0) is 14.8 Å². The number of aromatic amines is 1. The van der Waals surface area contributed by atoms with E-state index in [1.165, 1.54) is 10.4 Å². The molecule has 1 saturated heterocycles. The van der Waals surface area contributed by atoms with Crippen LogP contribution in [-0.4, -0.2) is 48.8 Å². The predicted octanol–water partition coefficient (Wildman–Crippen LogP) is 3.93. The lowest BCUT2D eigenvalue weighted by molar-refractivity contribution is 0.0376. The Hall–Kier alpha value is -2.65. The third-order valence-corrected chi connectivity index (χ3v) is 7.63. The van der Waals surface area contributed by atoms with Gasteiger partial charge in [0.15, 0.2) is 0 Å². The molecular weight excluding hydrogens is 430 g/mol. The Labute approximate surface area is 189 Å². The zero-order chi connectivity index (χ0) is 23.6. The first-order valence-corrected chi connectivity index (χ1v) is 12.3.